The Morgan fingerprint density at radius 2 is 2.11 bits per heavy atom. The summed E-state index contributed by atoms with van der Waals surface area (Å²) in [5, 5.41) is 24.5. The van der Waals surface area contributed by atoms with Crippen LogP contribution in [0.1, 0.15) is 34.3 Å². The van der Waals surface area contributed by atoms with Gasteiger partial charge in [-0.1, -0.05) is 0 Å². The Balaban J connectivity index is 2.01. The molecule has 1 atom stereocenters. The maximum atomic E-state index is 12.8. The molecule has 0 saturated carbocycles. The topological polar surface area (TPSA) is 113 Å². The quantitative estimate of drug-likeness (QED) is 0.633. The Hall–Kier alpha value is -2.88. The first kappa shape index (κ1) is 19.9. The van der Waals surface area contributed by atoms with Gasteiger partial charge in [-0.05, 0) is 50.1 Å². The fourth-order valence-corrected chi connectivity index (χ4v) is 3.26. The number of piperidine rings is 1. The molecule has 0 bridgehead atoms. The van der Waals surface area contributed by atoms with Gasteiger partial charge in [0.15, 0.2) is 5.82 Å². The normalized spacial score (nSPS) is 17.4. The third-order valence-corrected chi connectivity index (χ3v) is 4.68. The van der Waals surface area contributed by atoms with Crippen molar-refractivity contribution in [2.24, 2.45) is 5.73 Å². The smallest absolute Gasteiger partial charge is 0.416 e. The zero-order valence-electron chi connectivity index (χ0n) is 15.1. The van der Waals surface area contributed by atoms with Gasteiger partial charge in [0, 0.05) is 18.2 Å². The number of rotatable bonds is 4. The van der Waals surface area contributed by atoms with Crippen molar-refractivity contribution in [3.63, 3.8) is 0 Å². The average molecular weight is 395 g/mol. The lowest BCUT2D eigenvalue weighted by Gasteiger charge is -2.25. The Morgan fingerprint density at radius 1 is 1.36 bits per heavy atom. The lowest BCUT2D eigenvalue weighted by Crippen LogP contribution is -2.39. The number of hydrogen-bond donors (Lipinski definition) is 4. The first-order valence-corrected chi connectivity index (χ1v) is 8.73. The zero-order chi connectivity index (χ0) is 20.5. The molecule has 1 aliphatic rings. The molecule has 3 rings (SSSR count). The summed E-state index contributed by atoms with van der Waals surface area (Å²) in [5.41, 5.74) is 5.06. The van der Waals surface area contributed by atoms with Crippen LogP contribution in [0.25, 0.3) is 11.3 Å². The molecule has 10 heteroatoms. The first-order valence-electron chi connectivity index (χ1n) is 8.73. The van der Waals surface area contributed by atoms with Crippen LogP contribution < -0.4 is 16.4 Å². The highest BCUT2D eigenvalue weighted by molar-refractivity contribution is 6.00. The van der Waals surface area contributed by atoms with Crippen LogP contribution in [0.5, 0.6) is 5.75 Å². The van der Waals surface area contributed by atoms with E-state index in [-0.39, 0.29) is 28.7 Å². The van der Waals surface area contributed by atoms with E-state index in [0.29, 0.717) is 18.2 Å². The van der Waals surface area contributed by atoms with E-state index >= 15 is 0 Å². The standard InChI is InChI=1S/C18H20F3N5O2/c1-9-14(16(22)28)17(24-11-3-2-6-23-8-11)26-25-15(9)12-5-4-10(7-13(12)27)18(19,20)21/h4-5,7,11,23,27H,2-3,6,8H2,1H3,(H2,22,28)(H,24,26). The molecule has 28 heavy (non-hydrogen) atoms. The summed E-state index contributed by atoms with van der Waals surface area (Å²) < 4.78 is 38.4. The number of nitrogens with one attached hydrogen (secondary N) is 2. The molecule has 0 spiro atoms. The van der Waals surface area contributed by atoms with E-state index in [1.54, 1.807) is 6.92 Å². The van der Waals surface area contributed by atoms with E-state index < -0.39 is 23.4 Å². The minimum Gasteiger partial charge on any atom is -0.507 e. The highest BCUT2D eigenvalue weighted by Crippen LogP contribution is 2.37. The Morgan fingerprint density at radius 3 is 2.68 bits per heavy atom. The van der Waals surface area contributed by atoms with Gasteiger partial charge in [0.2, 0.25) is 0 Å². The fourth-order valence-electron chi connectivity index (χ4n) is 3.26. The Kier molecular flexibility index (Phi) is 5.41. The molecule has 7 nitrogen and oxygen atoms in total. The van der Waals surface area contributed by atoms with Crippen LogP contribution in [0, 0.1) is 6.92 Å². The van der Waals surface area contributed by atoms with Gasteiger partial charge >= 0.3 is 6.18 Å². The van der Waals surface area contributed by atoms with Crippen molar-refractivity contribution in [3.8, 4) is 17.0 Å². The average Bonchev–Trinajstić information content (AvgIpc) is 2.62. The molecule has 1 fully saturated rings. The van der Waals surface area contributed by atoms with Crippen LogP contribution >= 0.6 is 0 Å². The molecular formula is C18H20F3N5O2. The number of carbonyl (C=O) groups is 1. The lowest BCUT2D eigenvalue weighted by molar-refractivity contribution is -0.137. The summed E-state index contributed by atoms with van der Waals surface area (Å²) in [6.45, 7) is 3.17. The highest BCUT2D eigenvalue weighted by Gasteiger charge is 2.31. The van der Waals surface area contributed by atoms with Gasteiger partial charge in [0.25, 0.3) is 5.91 Å². The molecule has 150 valence electrons. The minimum atomic E-state index is -4.59. The summed E-state index contributed by atoms with van der Waals surface area (Å²) in [6.07, 6.45) is -2.74. The number of phenolic OH excluding ortho intramolecular Hbond substituents is 1. The minimum absolute atomic E-state index is 0.0337. The van der Waals surface area contributed by atoms with Crippen LogP contribution in [-0.2, 0) is 6.18 Å². The second kappa shape index (κ2) is 7.63. The van der Waals surface area contributed by atoms with Gasteiger partial charge in [-0.3, -0.25) is 4.79 Å². The molecule has 1 aliphatic heterocycles. The molecule has 2 heterocycles. The van der Waals surface area contributed by atoms with Crippen molar-refractivity contribution in [1.82, 2.24) is 15.5 Å². The van der Waals surface area contributed by atoms with Crippen molar-refractivity contribution in [2.45, 2.75) is 32.0 Å². The largest absolute Gasteiger partial charge is 0.507 e. The van der Waals surface area contributed by atoms with Crippen LogP contribution in [-0.4, -0.2) is 40.3 Å². The monoisotopic (exact) mass is 395 g/mol. The number of aromatic nitrogens is 2. The number of aromatic hydroxyl groups is 1. The number of nitrogens with two attached hydrogens (primary N) is 1. The SMILES string of the molecule is Cc1c(-c2ccc(C(F)(F)F)cc2O)nnc(NC2CCCNC2)c1C(N)=O. The van der Waals surface area contributed by atoms with Gasteiger partial charge in [-0.25, -0.2) is 0 Å². The van der Waals surface area contributed by atoms with E-state index in [2.05, 4.69) is 20.8 Å². The number of primary amides is 1. The number of anilines is 1. The number of benzene rings is 1. The summed E-state index contributed by atoms with van der Waals surface area (Å²) in [5.74, 6) is -1.14. The van der Waals surface area contributed by atoms with Gasteiger partial charge < -0.3 is 21.5 Å². The van der Waals surface area contributed by atoms with Gasteiger partial charge in [0.1, 0.15) is 11.4 Å². The van der Waals surface area contributed by atoms with E-state index in [0.717, 1.165) is 31.5 Å². The number of hydrogen-bond acceptors (Lipinski definition) is 6. The Labute approximate surface area is 159 Å². The van der Waals surface area contributed by atoms with Gasteiger partial charge in [0.05, 0.1) is 11.1 Å². The zero-order valence-corrected chi connectivity index (χ0v) is 15.1. The molecule has 1 aromatic carbocycles. The highest BCUT2D eigenvalue weighted by atomic mass is 19.4. The van der Waals surface area contributed by atoms with Gasteiger partial charge in [-0.15, -0.1) is 10.2 Å². The number of nitrogens with zero attached hydrogens (tertiary/aromatic N) is 2. The summed E-state index contributed by atoms with van der Waals surface area (Å²) in [6, 6.07) is 2.59. The number of alkyl halides is 3. The van der Waals surface area contributed by atoms with Crippen molar-refractivity contribution >= 4 is 11.7 Å². The number of carbonyl (C=O) groups excluding carboxylic acids is 1. The van der Waals surface area contributed by atoms with Gasteiger partial charge in [-0.2, -0.15) is 13.2 Å². The van der Waals surface area contributed by atoms with Crippen molar-refractivity contribution < 1.29 is 23.1 Å². The number of halogens is 3. The van der Waals surface area contributed by atoms with E-state index in [1.807, 2.05) is 0 Å². The third kappa shape index (κ3) is 4.01. The first-order chi connectivity index (χ1) is 13.2. The van der Waals surface area contributed by atoms with Crippen molar-refractivity contribution in [1.29, 1.82) is 0 Å². The predicted molar refractivity (Wildman–Crippen MR) is 96.9 cm³/mol. The molecule has 0 radical (unpaired) electrons. The third-order valence-electron chi connectivity index (χ3n) is 4.68. The second-order valence-electron chi connectivity index (χ2n) is 6.68. The summed E-state index contributed by atoms with van der Waals surface area (Å²) >= 11 is 0. The molecule has 1 saturated heterocycles. The Bertz CT molecular complexity index is 896. The summed E-state index contributed by atoms with van der Waals surface area (Å²) in [4.78, 5) is 12.0. The van der Waals surface area contributed by atoms with Crippen molar-refractivity contribution in [3.05, 3.63) is 34.9 Å². The molecule has 0 aliphatic carbocycles. The fraction of sp³-hybridized carbons (Fsp3) is 0.389. The maximum absolute atomic E-state index is 12.8. The summed E-state index contributed by atoms with van der Waals surface area (Å²) in [7, 11) is 0. The molecular weight excluding hydrogens is 375 g/mol. The van der Waals surface area contributed by atoms with Crippen molar-refractivity contribution in [2.75, 3.05) is 18.4 Å². The van der Waals surface area contributed by atoms with E-state index in [1.165, 1.54) is 0 Å². The second-order valence-corrected chi connectivity index (χ2v) is 6.68. The van der Waals surface area contributed by atoms with Crippen LogP contribution in [0.4, 0.5) is 19.0 Å². The molecule has 5 N–H and O–H groups in total. The molecule has 2 aromatic rings. The van der Waals surface area contributed by atoms with E-state index in [9.17, 15) is 23.1 Å². The van der Waals surface area contributed by atoms with Crippen LogP contribution in [0.2, 0.25) is 0 Å². The molecule has 1 unspecified atom stereocenters. The van der Waals surface area contributed by atoms with Crippen LogP contribution in [0.15, 0.2) is 18.2 Å². The lowest BCUT2D eigenvalue weighted by atomic mass is 9.99. The predicted octanol–water partition coefficient (Wildman–Crippen LogP) is 2.44. The number of phenols is 1. The number of amides is 1. The molecule has 1 aromatic heterocycles. The maximum Gasteiger partial charge on any atom is 0.416 e. The van der Waals surface area contributed by atoms with Crippen LogP contribution in [0.3, 0.4) is 0 Å². The molecule has 1 amide bonds. The van der Waals surface area contributed by atoms with E-state index in [4.69, 9.17) is 5.73 Å².